The maximum atomic E-state index is 12.5. The van der Waals surface area contributed by atoms with Crippen LogP contribution in [0.25, 0.3) is 0 Å². The van der Waals surface area contributed by atoms with E-state index in [0.29, 0.717) is 6.42 Å². The van der Waals surface area contributed by atoms with E-state index in [0.717, 1.165) is 0 Å². The summed E-state index contributed by atoms with van der Waals surface area (Å²) in [7, 11) is -4.45. The molecule has 0 aromatic rings. The quantitative estimate of drug-likeness (QED) is 0.495. The lowest BCUT2D eigenvalue weighted by Crippen LogP contribution is -2.42. The molecule has 2 N–H and O–H groups in total. The van der Waals surface area contributed by atoms with Crippen LogP contribution in [0.5, 0.6) is 0 Å². The van der Waals surface area contributed by atoms with Crippen molar-refractivity contribution in [1.82, 2.24) is 5.09 Å². The molecule has 0 bridgehead atoms. The largest absolute Gasteiger partial charge is 0.766 e. The molecular weight excluding hydrogens is 389 g/mol. The first-order valence-electron chi connectivity index (χ1n) is 9.99. The third-order valence-corrected chi connectivity index (χ3v) is 5.84. The summed E-state index contributed by atoms with van der Waals surface area (Å²) in [5.41, 5.74) is 0. The van der Waals surface area contributed by atoms with Crippen LogP contribution in [0.2, 0.25) is 0 Å². The van der Waals surface area contributed by atoms with Gasteiger partial charge in [-0.05, 0) is 41.5 Å². The normalized spacial score (nSPS) is 38.4. The fourth-order valence-corrected chi connectivity index (χ4v) is 4.52. The van der Waals surface area contributed by atoms with Crippen LogP contribution in [-0.2, 0) is 28.0 Å². The van der Waals surface area contributed by atoms with Crippen LogP contribution in [0.4, 0.5) is 0 Å². The highest BCUT2D eigenvalue weighted by molar-refractivity contribution is 7.49. The van der Waals surface area contributed by atoms with Crippen molar-refractivity contribution in [2.24, 2.45) is 0 Å². The minimum absolute atomic E-state index is 0.00836. The number of hydrogen-bond donors (Lipinski definition) is 2. The second-order valence-electron chi connectivity index (χ2n) is 8.13. The number of aliphatic hydroxyl groups excluding tert-OH is 1. The molecule has 0 spiro atoms. The molecule has 0 aromatic carbocycles. The monoisotopic (exact) mass is 424 g/mol. The number of nitrogens with one attached hydrogen (secondary N) is 1. The maximum absolute atomic E-state index is 12.5. The molecule has 0 aliphatic carbocycles. The minimum atomic E-state index is -4.45. The molecule has 166 valence electrons. The zero-order valence-corrected chi connectivity index (χ0v) is 18.5. The van der Waals surface area contributed by atoms with Gasteiger partial charge in [0.25, 0.3) is 0 Å². The molecule has 9 nitrogen and oxygen atoms in total. The van der Waals surface area contributed by atoms with Crippen molar-refractivity contribution < 1.29 is 38.0 Å². The summed E-state index contributed by atoms with van der Waals surface area (Å²) >= 11 is 0. The van der Waals surface area contributed by atoms with Crippen molar-refractivity contribution in [3.05, 3.63) is 0 Å². The van der Waals surface area contributed by atoms with E-state index in [1.807, 2.05) is 34.6 Å². The molecule has 2 aliphatic rings. The van der Waals surface area contributed by atoms with Crippen LogP contribution in [0, 0.1) is 0 Å². The van der Waals surface area contributed by atoms with Crippen LogP contribution < -0.4 is 9.98 Å². The topological polar surface area (TPSA) is 119 Å². The number of aliphatic hydroxyl groups is 1. The van der Waals surface area contributed by atoms with Crippen LogP contribution >= 0.6 is 7.75 Å². The molecule has 3 unspecified atom stereocenters. The Bertz CT molecular complexity index is 534. The Morgan fingerprint density at radius 1 is 1.18 bits per heavy atom. The van der Waals surface area contributed by atoms with Crippen molar-refractivity contribution in [3.63, 3.8) is 0 Å². The second kappa shape index (κ2) is 10.3. The Labute approximate surface area is 167 Å². The smallest absolute Gasteiger partial charge is 0.204 e. The van der Waals surface area contributed by atoms with Crippen molar-refractivity contribution >= 4 is 7.75 Å². The second-order valence-corrected chi connectivity index (χ2v) is 9.65. The molecule has 0 saturated carbocycles. The molecule has 0 amide bonds. The van der Waals surface area contributed by atoms with Gasteiger partial charge in [0.2, 0.25) is 7.75 Å². The fourth-order valence-electron chi connectivity index (χ4n) is 3.46. The minimum Gasteiger partial charge on any atom is -0.766 e. The maximum Gasteiger partial charge on any atom is 0.204 e. The average molecular weight is 424 g/mol. The summed E-state index contributed by atoms with van der Waals surface area (Å²) in [5.74, 6) is 0. The van der Waals surface area contributed by atoms with E-state index < -0.39 is 38.3 Å². The highest BCUT2D eigenvalue weighted by Gasteiger charge is 2.44. The van der Waals surface area contributed by atoms with E-state index in [1.165, 1.54) is 0 Å². The van der Waals surface area contributed by atoms with Crippen LogP contribution in [0.1, 0.15) is 48.0 Å². The molecule has 0 radical (unpaired) electrons. The third-order valence-electron chi connectivity index (χ3n) is 4.75. The van der Waals surface area contributed by atoms with E-state index >= 15 is 0 Å². The molecule has 2 saturated heterocycles. The Morgan fingerprint density at radius 3 is 2.46 bits per heavy atom. The van der Waals surface area contributed by atoms with Gasteiger partial charge in [0.1, 0.15) is 18.3 Å². The summed E-state index contributed by atoms with van der Waals surface area (Å²) < 4.78 is 40.4. The number of rotatable bonds is 10. The van der Waals surface area contributed by atoms with E-state index in [4.69, 9.17) is 23.5 Å². The van der Waals surface area contributed by atoms with Crippen molar-refractivity contribution in [2.45, 2.75) is 103 Å². The zero-order valence-electron chi connectivity index (χ0n) is 17.6. The van der Waals surface area contributed by atoms with Gasteiger partial charge in [0, 0.05) is 13.0 Å². The third kappa shape index (κ3) is 7.00. The van der Waals surface area contributed by atoms with E-state index in [1.54, 1.807) is 6.92 Å². The molecular formula is C18H35NO8P-. The van der Waals surface area contributed by atoms with Crippen LogP contribution in [0.15, 0.2) is 0 Å². The Balaban J connectivity index is 1.93. The standard InChI is InChI=1S/C18H36NO8P/c1-10(2)23-9-16-18(17(20)13(6)26-16)27-28(21,22)19-8-15-14(24-11(3)4)7-12(5)25-15/h10-18,20H,7-9H2,1-6H3,(H2,19,21,22)/p-1/t12-,13-,14?,15+,16+,17+,18?/m0/s1. The zero-order chi connectivity index (χ0) is 21.1. The molecule has 8 atom stereocenters. The Hall–Kier alpha value is -0.0900. The Morgan fingerprint density at radius 2 is 1.86 bits per heavy atom. The predicted molar refractivity (Wildman–Crippen MR) is 101 cm³/mol. The molecule has 2 aliphatic heterocycles. The van der Waals surface area contributed by atoms with Gasteiger partial charge in [0.15, 0.2) is 0 Å². The lowest BCUT2D eigenvalue weighted by Gasteiger charge is -2.32. The molecule has 2 fully saturated rings. The van der Waals surface area contributed by atoms with Crippen molar-refractivity contribution in [3.8, 4) is 0 Å². The molecule has 28 heavy (non-hydrogen) atoms. The predicted octanol–water partition coefficient (Wildman–Crippen LogP) is 0.974. The summed E-state index contributed by atoms with van der Waals surface area (Å²) in [4.78, 5) is 12.5. The summed E-state index contributed by atoms with van der Waals surface area (Å²) in [5, 5.41) is 12.7. The van der Waals surface area contributed by atoms with Gasteiger partial charge in [-0.3, -0.25) is 9.65 Å². The van der Waals surface area contributed by atoms with Crippen LogP contribution in [0.3, 0.4) is 0 Å². The molecule has 10 heteroatoms. The van der Waals surface area contributed by atoms with Gasteiger partial charge < -0.3 is 33.5 Å². The molecule has 0 aromatic heterocycles. The summed E-state index contributed by atoms with van der Waals surface area (Å²) in [6.45, 7) is 11.4. The first kappa shape index (κ1) is 24.2. The summed E-state index contributed by atoms with van der Waals surface area (Å²) in [6.07, 6.45) is -3.23. The number of hydrogen-bond acceptors (Lipinski definition) is 8. The molecule has 2 heterocycles. The first-order valence-corrected chi connectivity index (χ1v) is 11.5. The average Bonchev–Trinajstić information content (AvgIpc) is 3.04. The highest BCUT2D eigenvalue weighted by Crippen LogP contribution is 2.39. The Kier molecular flexibility index (Phi) is 8.88. The van der Waals surface area contributed by atoms with E-state index in [-0.39, 0.29) is 37.6 Å². The number of ether oxygens (including phenoxy) is 4. The van der Waals surface area contributed by atoms with Gasteiger partial charge in [-0.15, -0.1) is 0 Å². The SMILES string of the molecule is CC(C)OC[C@H]1O[C@@H](C)[C@@H](O)C1OP(=O)([O-])NC[C@H]1O[C@@H](C)CC1OC(C)C. The van der Waals surface area contributed by atoms with Gasteiger partial charge in [0.05, 0.1) is 43.2 Å². The van der Waals surface area contributed by atoms with Gasteiger partial charge in [-0.1, -0.05) is 0 Å². The fraction of sp³-hybridized carbons (Fsp3) is 1.00. The van der Waals surface area contributed by atoms with Gasteiger partial charge >= 0.3 is 0 Å². The molecule has 2 rings (SSSR count). The van der Waals surface area contributed by atoms with Gasteiger partial charge in [-0.2, -0.15) is 0 Å². The highest BCUT2D eigenvalue weighted by atomic mass is 31.2. The van der Waals surface area contributed by atoms with E-state index in [2.05, 4.69) is 5.09 Å². The van der Waals surface area contributed by atoms with Crippen LogP contribution in [-0.4, -0.2) is 73.2 Å². The van der Waals surface area contributed by atoms with Gasteiger partial charge in [-0.25, -0.2) is 0 Å². The lowest BCUT2D eigenvalue weighted by atomic mass is 10.1. The van der Waals surface area contributed by atoms with E-state index in [9.17, 15) is 14.6 Å². The van der Waals surface area contributed by atoms with Crippen molar-refractivity contribution in [1.29, 1.82) is 0 Å². The lowest BCUT2D eigenvalue weighted by molar-refractivity contribution is -0.211. The van der Waals surface area contributed by atoms with Crippen molar-refractivity contribution in [2.75, 3.05) is 13.2 Å². The summed E-state index contributed by atoms with van der Waals surface area (Å²) in [6, 6.07) is 0. The first-order chi connectivity index (χ1) is 13.0.